The van der Waals surface area contributed by atoms with Gasteiger partial charge in [-0.2, -0.15) is 0 Å². The number of aliphatic carboxylic acids is 1. The lowest BCUT2D eigenvalue weighted by molar-refractivity contribution is -0.146. The number of methoxy groups -OCH3 is 1. The molecule has 0 saturated carbocycles. The molecule has 1 N–H and O–H groups in total. The fourth-order valence-corrected chi connectivity index (χ4v) is 2.48. The molecule has 94 valence electrons. The van der Waals surface area contributed by atoms with Crippen molar-refractivity contribution in [2.75, 3.05) is 26.8 Å². The summed E-state index contributed by atoms with van der Waals surface area (Å²) >= 11 is 0. The van der Waals surface area contributed by atoms with Crippen molar-refractivity contribution in [3.8, 4) is 0 Å². The number of likely N-dealkylation sites (tertiary alicyclic amines) is 1. The number of nitrogens with zero attached hydrogens (tertiary/aromatic N) is 1. The average molecular weight is 229 g/mol. The number of hydrogen-bond acceptors (Lipinski definition) is 3. The van der Waals surface area contributed by atoms with Gasteiger partial charge in [0.2, 0.25) is 0 Å². The quantitative estimate of drug-likeness (QED) is 0.703. The minimum Gasteiger partial charge on any atom is -0.480 e. The van der Waals surface area contributed by atoms with Gasteiger partial charge in [-0.3, -0.25) is 9.69 Å². The topological polar surface area (TPSA) is 49.8 Å². The molecule has 0 radical (unpaired) electrons. The summed E-state index contributed by atoms with van der Waals surface area (Å²) in [6.45, 7) is 4.61. The number of ether oxygens (including phenoxy) is 1. The molecule has 0 aromatic carbocycles. The van der Waals surface area contributed by atoms with Crippen LogP contribution in [-0.4, -0.2) is 48.8 Å². The Hall–Kier alpha value is -0.610. The van der Waals surface area contributed by atoms with E-state index in [1.165, 1.54) is 0 Å². The molecule has 1 heterocycles. The van der Waals surface area contributed by atoms with E-state index in [0.717, 1.165) is 45.4 Å². The van der Waals surface area contributed by atoms with Crippen molar-refractivity contribution in [3.63, 3.8) is 0 Å². The molecule has 4 nitrogen and oxygen atoms in total. The van der Waals surface area contributed by atoms with Gasteiger partial charge in [0.1, 0.15) is 6.04 Å². The minimum absolute atomic E-state index is 0.272. The van der Waals surface area contributed by atoms with Crippen molar-refractivity contribution in [1.82, 2.24) is 4.90 Å². The molecule has 2 atom stereocenters. The third-order valence-corrected chi connectivity index (χ3v) is 3.33. The van der Waals surface area contributed by atoms with Crippen LogP contribution in [0.1, 0.15) is 32.6 Å². The van der Waals surface area contributed by atoms with E-state index in [2.05, 4.69) is 4.90 Å². The zero-order valence-electron chi connectivity index (χ0n) is 10.3. The Morgan fingerprint density at radius 1 is 1.50 bits per heavy atom. The molecule has 0 aliphatic carbocycles. The molecule has 0 spiro atoms. The monoisotopic (exact) mass is 229 g/mol. The molecule has 0 bridgehead atoms. The highest BCUT2D eigenvalue weighted by molar-refractivity contribution is 5.74. The average Bonchev–Trinajstić information content (AvgIpc) is 2.24. The van der Waals surface area contributed by atoms with Gasteiger partial charge >= 0.3 is 5.97 Å². The molecule has 1 aliphatic rings. The second kappa shape index (κ2) is 6.86. The molecule has 1 fully saturated rings. The van der Waals surface area contributed by atoms with Gasteiger partial charge in [0, 0.05) is 13.7 Å². The van der Waals surface area contributed by atoms with Crippen LogP contribution in [0, 0.1) is 5.92 Å². The fourth-order valence-electron chi connectivity index (χ4n) is 2.48. The second-order valence-corrected chi connectivity index (χ2v) is 4.64. The molecule has 1 rings (SSSR count). The first kappa shape index (κ1) is 13.5. The lowest BCUT2D eigenvalue weighted by atomic mass is 9.90. The van der Waals surface area contributed by atoms with Crippen molar-refractivity contribution in [2.24, 2.45) is 5.92 Å². The first-order valence-electron chi connectivity index (χ1n) is 6.12. The molecule has 16 heavy (non-hydrogen) atoms. The first-order valence-corrected chi connectivity index (χ1v) is 6.12. The minimum atomic E-state index is -0.668. The van der Waals surface area contributed by atoms with Gasteiger partial charge in [-0.15, -0.1) is 0 Å². The smallest absolute Gasteiger partial charge is 0.321 e. The SMILES string of the molecule is COCCCCN1CCCC(C)C1C(=O)O. The molecule has 0 aromatic rings. The van der Waals surface area contributed by atoms with Gasteiger partial charge in [-0.1, -0.05) is 6.92 Å². The van der Waals surface area contributed by atoms with Gasteiger partial charge in [0.15, 0.2) is 0 Å². The number of carbonyl (C=O) groups is 1. The normalized spacial score (nSPS) is 26.9. The van der Waals surface area contributed by atoms with Gasteiger partial charge < -0.3 is 9.84 Å². The van der Waals surface area contributed by atoms with E-state index in [-0.39, 0.29) is 12.0 Å². The van der Waals surface area contributed by atoms with Crippen molar-refractivity contribution in [3.05, 3.63) is 0 Å². The molecular weight excluding hydrogens is 206 g/mol. The van der Waals surface area contributed by atoms with Crippen LogP contribution in [0.5, 0.6) is 0 Å². The van der Waals surface area contributed by atoms with E-state index in [1.807, 2.05) is 6.92 Å². The fraction of sp³-hybridized carbons (Fsp3) is 0.917. The lowest BCUT2D eigenvalue weighted by Gasteiger charge is -2.37. The number of rotatable bonds is 6. The highest BCUT2D eigenvalue weighted by Gasteiger charge is 2.33. The third-order valence-electron chi connectivity index (χ3n) is 3.33. The summed E-state index contributed by atoms with van der Waals surface area (Å²) in [5.41, 5.74) is 0. The molecule has 4 heteroatoms. The molecule has 1 aliphatic heterocycles. The Morgan fingerprint density at radius 2 is 2.25 bits per heavy atom. The number of piperidine rings is 1. The van der Waals surface area contributed by atoms with Crippen LogP contribution in [0.15, 0.2) is 0 Å². The van der Waals surface area contributed by atoms with E-state index < -0.39 is 5.97 Å². The van der Waals surface area contributed by atoms with Gasteiger partial charge in [0.25, 0.3) is 0 Å². The van der Waals surface area contributed by atoms with E-state index in [1.54, 1.807) is 7.11 Å². The summed E-state index contributed by atoms with van der Waals surface area (Å²) < 4.78 is 4.99. The van der Waals surface area contributed by atoms with Crippen molar-refractivity contribution in [2.45, 2.75) is 38.6 Å². The first-order chi connectivity index (χ1) is 7.66. The van der Waals surface area contributed by atoms with Gasteiger partial charge in [-0.05, 0) is 44.7 Å². The van der Waals surface area contributed by atoms with E-state index in [4.69, 9.17) is 4.74 Å². The highest BCUT2D eigenvalue weighted by Crippen LogP contribution is 2.23. The lowest BCUT2D eigenvalue weighted by Crippen LogP contribution is -2.49. The Labute approximate surface area is 97.6 Å². The number of unbranched alkanes of at least 4 members (excludes halogenated alkanes) is 1. The van der Waals surface area contributed by atoms with Crippen LogP contribution in [0.3, 0.4) is 0 Å². The van der Waals surface area contributed by atoms with Gasteiger partial charge in [0.05, 0.1) is 0 Å². The summed E-state index contributed by atoms with van der Waals surface area (Å²) in [5, 5.41) is 9.22. The van der Waals surface area contributed by atoms with E-state index >= 15 is 0 Å². The predicted molar refractivity (Wildman–Crippen MR) is 62.5 cm³/mol. The van der Waals surface area contributed by atoms with Gasteiger partial charge in [-0.25, -0.2) is 0 Å². The summed E-state index contributed by atoms with van der Waals surface area (Å²) in [6.07, 6.45) is 4.18. The number of carboxylic acid groups (broad SMARTS) is 1. The molecule has 2 unspecified atom stereocenters. The predicted octanol–water partition coefficient (Wildman–Crippen LogP) is 1.60. The third kappa shape index (κ3) is 3.76. The molecular formula is C12H23NO3. The van der Waals surface area contributed by atoms with Crippen LogP contribution in [0.2, 0.25) is 0 Å². The number of carboxylic acids is 1. The second-order valence-electron chi connectivity index (χ2n) is 4.64. The Morgan fingerprint density at radius 3 is 2.88 bits per heavy atom. The van der Waals surface area contributed by atoms with Crippen LogP contribution in [0.4, 0.5) is 0 Å². The maximum absolute atomic E-state index is 11.2. The van der Waals surface area contributed by atoms with Crippen molar-refractivity contribution >= 4 is 5.97 Å². The van der Waals surface area contributed by atoms with Crippen LogP contribution >= 0.6 is 0 Å². The van der Waals surface area contributed by atoms with Crippen molar-refractivity contribution in [1.29, 1.82) is 0 Å². The highest BCUT2D eigenvalue weighted by atomic mass is 16.5. The standard InChI is InChI=1S/C12H23NO3/c1-10-6-5-8-13(11(10)12(14)15)7-3-4-9-16-2/h10-11H,3-9H2,1-2H3,(H,14,15). The largest absolute Gasteiger partial charge is 0.480 e. The molecule has 0 amide bonds. The van der Waals surface area contributed by atoms with E-state index in [0.29, 0.717) is 0 Å². The zero-order chi connectivity index (χ0) is 12.0. The van der Waals surface area contributed by atoms with Crippen LogP contribution < -0.4 is 0 Å². The zero-order valence-corrected chi connectivity index (χ0v) is 10.3. The summed E-state index contributed by atoms with van der Waals surface area (Å²) in [4.78, 5) is 13.3. The maximum Gasteiger partial charge on any atom is 0.321 e. The Bertz CT molecular complexity index is 220. The van der Waals surface area contributed by atoms with Crippen LogP contribution in [0.25, 0.3) is 0 Å². The van der Waals surface area contributed by atoms with E-state index in [9.17, 15) is 9.90 Å². The Balaban J connectivity index is 2.39. The molecule has 0 aromatic heterocycles. The van der Waals surface area contributed by atoms with Crippen LogP contribution in [-0.2, 0) is 9.53 Å². The Kier molecular flexibility index (Phi) is 5.77. The summed E-state index contributed by atoms with van der Waals surface area (Å²) in [6, 6.07) is -0.281. The number of hydrogen-bond donors (Lipinski definition) is 1. The summed E-state index contributed by atoms with van der Waals surface area (Å²) in [7, 11) is 1.70. The molecule has 1 saturated heterocycles. The van der Waals surface area contributed by atoms with Crippen molar-refractivity contribution < 1.29 is 14.6 Å². The summed E-state index contributed by atoms with van der Waals surface area (Å²) in [5.74, 6) is -0.396. The maximum atomic E-state index is 11.2.